The number of aromatic nitrogens is 3. The van der Waals surface area contributed by atoms with E-state index in [9.17, 15) is 4.79 Å². The molecule has 0 fully saturated rings. The Morgan fingerprint density at radius 1 is 1.71 bits per heavy atom. The van der Waals surface area contributed by atoms with Crippen molar-refractivity contribution in [3.8, 4) is 0 Å². The Kier molecular flexibility index (Phi) is 4.44. The lowest BCUT2D eigenvalue weighted by atomic mass is 10.2. The molecule has 0 spiro atoms. The number of hydrogen-bond donors (Lipinski definition) is 3. The molecule has 1 heterocycles. The summed E-state index contributed by atoms with van der Waals surface area (Å²) in [5.74, 6) is -0.150. The average Bonchev–Trinajstić information content (AvgIpc) is 2.81. The van der Waals surface area contributed by atoms with E-state index in [0.717, 1.165) is 0 Å². The van der Waals surface area contributed by atoms with E-state index >= 15 is 0 Å². The minimum Gasteiger partial charge on any atom is -0.409 e. The molecule has 0 saturated carbocycles. The highest BCUT2D eigenvalue weighted by Crippen LogP contribution is 2.06. The molecular formula is C9H16N6O2. The van der Waals surface area contributed by atoms with Crippen LogP contribution in [-0.4, -0.2) is 49.8 Å². The fourth-order valence-electron chi connectivity index (χ4n) is 1.33. The van der Waals surface area contributed by atoms with Gasteiger partial charge in [-0.25, -0.2) is 0 Å². The maximum absolute atomic E-state index is 12.0. The van der Waals surface area contributed by atoms with Crippen LogP contribution in [0.15, 0.2) is 11.4 Å². The summed E-state index contributed by atoms with van der Waals surface area (Å²) in [6.07, 6.45) is 1.67. The van der Waals surface area contributed by atoms with Crippen molar-refractivity contribution in [1.29, 1.82) is 0 Å². The van der Waals surface area contributed by atoms with Crippen LogP contribution in [-0.2, 0) is 0 Å². The van der Waals surface area contributed by atoms with E-state index in [1.807, 2.05) is 13.8 Å². The van der Waals surface area contributed by atoms with E-state index in [1.54, 1.807) is 4.90 Å². The highest BCUT2D eigenvalue weighted by molar-refractivity contribution is 5.92. The monoisotopic (exact) mass is 240 g/mol. The van der Waals surface area contributed by atoms with Gasteiger partial charge in [0.15, 0.2) is 5.69 Å². The van der Waals surface area contributed by atoms with Gasteiger partial charge in [0.25, 0.3) is 5.91 Å². The predicted molar refractivity (Wildman–Crippen MR) is 60.6 cm³/mol. The zero-order chi connectivity index (χ0) is 12.8. The normalized spacial score (nSPS) is 11.8. The number of carbonyl (C=O) groups excluding carboxylic acids is 1. The molecule has 94 valence electrons. The molecule has 4 N–H and O–H groups in total. The summed E-state index contributed by atoms with van der Waals surface area (Å²) < 4.78 is 0. The van der Waals surface area contributed by atoms with Gasteiger partial charge in [0.2, 0.25) is 0 Å². The molecule has 0 aliphatic rings. The van der Waals surface area contributed by atoms with Crippen molar-refractivity contribution in [2.45, 2.75) is 26.3 Å². The zero-order valence-corrected chi connectivity index (χ0v) is 9.79. The van der Waals surface area contributed by atoms with E-state index in [2.05, 4.69) is 20.6 Å². The summed E-state index contributed by atoms with van der Waals surface area (Å²) >= 11 is 0. The largest absolute Gasteiger partial charge is 0.409 e. The van der Waals surface area contributed by atoms with Crippen LogP contribution in [0.5, 0.6) is 0 Å². The first-order valence-electron chi connectivity index (χ1n) is 5.19. The summed E-state index contributed by atoms with van der Waals surface area (Å²) in [7, 11) is 0. The van der Waals surface area contributed by atoms with Gasteiger partial charge in [-0.3, -0.25) is 4.79 Å². The van der Waals surface area contributed by atoms with Crippen molar-refractivity contribution in [2.24, 2.45) is 10.9 Å². The van der Waals surface area contributed by atoms with Crippen LogP contribution >= 0.6 is 0 Å². The minimum atomic E-state index is -0.237. The third kappa shape index (κ3) is 3.44. The Labute approximate surface area is 98.5 Å². The van der Waals surface area contributed by atoms with E-state index in [1.165, 1.54) is 6.20 Å². The number of nitrogens with two attached hydrogens (primary N) is 1. The molecule has 0 unspecified atom stereocenters. The summed E-state index contributed by atoms with van der Waals surface area (Å²) in [5, 5.41) is 21.0. The first-order chi connectivity index (χ1) is 8.06. The Hall–Kier alpha value is -2.12. The van der Waals surface area contributed by atoms with Crippen LogP contribution in [0.25, 0.3) is 0 Å². The zero-order valence-electron chi connectivity index (χ0n) is 9.79. The summed E-state index contributed by atoms with van der Waals surface area (Å²) in [5.41, 5.74) is 5.62. The number of rotatable bonds is 5. The van der Waals surface area contributed by atoms with Crippen molar-refractivity contribution in [3.63, 3.8) is 0 Å². The summed E-state index contributed by atoms with van der Waals surface area (Å²) in [6, 6.07) is -0.00862. The van der Waals surface area contributed by atoms with Gasteiger partial charge in [0, 0.05) is 19.0 Å². The van der Waals surface area contributed by atoms with Crippen LogP contribution in [0.3, 0.4) is 0 Å². The number of amides is 1. The van der Waals surface area contributed by atoms with Crippen molar-refractivity contribution in [1.82, 2.24) is 20.3 Å². The first-order valence-corrected chi connectivity index (χ1v) is 5.19. The van der Waals surface area contributed by atoms with Crippen molar-refractivity contribution in [2.75, 3.05) is 6.54 Å². The second-order valence-corrected chi connectivity index (χ2v) is 3.79. The van der Waals surface area contributed by atoms with Gasteiger partial charge in [-0.05, 0) is 13.8 Å². The number of aromatic amines is 1. The number of amidine groups is 1. The molecule has 0 aromatic carbocycles. The maximum atomic E-state index is 12.0. The quantitative estimate of drug-likeness (QED) is 0.284. The van der Waals surface area contributed by atoms with Crippen LogP contribution < -0.4 is 5.73 Å². The molecule has 1 aromatic heterocycles. The minimum absolute atomic E-state index is 0.00862. The molecule has 0 aliphatic heterocycles. The highest BCUT2D eigenvalue weighted by atomic mass is 16.4. The van der Waals surface area contributed by atoms with E-state index < -0.39 is 0 Å². The Morgan fingerprint density at radius 3 is 2.88 bits per heavy atom. The third-order valence-corrected chi connectivity index (χ3v) is 2.26. The lowest BCUT2D eigenvalue weighted by Gasteiger charge is -2.25. The smallest absolute Gasteiger partial charge is 0.276 e. The van der Waals surface area contributed by atoms with Crippen LogP contribution in [0.1, 0.15) is 30.8 Å². The van der Waals surface area contributed by atoms with Crippen molar-refractivity contribution >= 4 is 11.7 Å². The fraction of sp³-hybridized carbons (Fsp3) is 0.556. The second-order valence-electron chi connectivity index (χ2n) is 3.79. The lowest BCUT2D eigenvalue weighted by Crippen LogP contribution is -2.39. The van der Waals surface area contributed by atoms with Crippen LogP contribution in [0.2, 0.25) is 0 Å². The standard InChI is InChI=1S/C9H16N6O2/c1-6(2)15(4-3-8(10)13-17)9(16)7-5-11-14-12-7/h5-6,17H,3-4H2,1-2H3,(H2,10,13)(H,11,12,14). The molecule has 1 rings (SSSR count). The fourth-order valence-corrected chi connectivity index (χ4v) is 1.33. The first kappa shape index (κ1) is 12.9. The molecule has 0 atom stereocenters. The molecule has 17 heavy (non-hydrogen) atoms. The molecule has 0 bridgehead atoms. The van der Waals surface area contributed by atoms with Crippen molar-refractivity contribution in [3.05, 3.63) is 11.9 Å². The van der Waals surface area contributed by atoms with Gasteiger partial charge >= 0.3 is 0 Å². The molecule has 0 aliphatic carbocycles. The summed E-state index contributed by atoms with van der Waals surface area (Å²) in [6.45, 7) is 4.12. The number of H-pyrrole nitrogens is 1. The van der Waals surface area contributed by atoms with Gasteiger partial charge in [-0.15, -0.1) is 0 Å². The number of carbonyl (C=O) groups is 1. The van der Waals surface area contributed by atoms with Gasteiger partial charge in [-0.1, -0.05) is 5.16 Å². The SMILES string of the molecule is CC(C)N(CCC(N)=NO)C(=O)c1cn[nH]n1. The Bertz CT molecular complexity index is 386. The van der Waals surface area contributed by atoms with Gasteiger partial charge in [-0.2, -0.15) is 15.4 Å². The third-order valence-electron chi connectivity index (χ3n) is 2.26. The van der Waals surface area contributed by atoms with Crippen LogP contribution in [0.4, 0.5) is 0 Å². The second kappa shape index (κ2) is 5.83. The van der Waals surface area contributed by atoms with Gasteiger partial charge in [0.05, 0.1) is 6.20 Å². The van der Waals surface area contributed by atoms with Crippen molar-refractivity contribution < 1.29 is 10.0 Å². The predicted octanol–water partition coefficient (Wildman–Crippen LogP) is -0.208. The molecule has 1 aromatic rings. The molecular weight excluding hydrogens is 224 g/mol. The highest BCUT2D eigenvalue weighted by Gasteiger charge is 2.20. The van der Waals surface area contributed by atoms with E-state index in [4.69, 9.17) is 10.9 Å². The molecule has 0 saturated heterocycles. The maximum Gasteiger partial charge on any atom is 0.276 e. The van der Waals surface area contributed by atoms with E-state index in [-0.39, 0.29) is 23.5 Å². The lowest BCUT2D eigenvalue weighted by molar-refractivity contribution is 0.0705. The van der Waals surface area contributed by atoms with E-state index in [0.29, 0.717) is 13.0 Å². The molecule has 8 heteroatoms. The topological polar surface area (TPSA) is 120 Å². The molecule has 8 nitrogen and oxygen atoms in total. The average molecular weight is 240 g/mol. The Balaban J connectivity index is 2.70. The van der Waals surface area contributed by atoms with Gasteiger partial charge < -0.3 is 15.8 Å². The molecule has 0 radical (unpaired) electrons. The number of hydrogen-bond acceptors (Lipinski definition) is 5. The number of nitrogens with zero attached hydrogens (tertiary/aromatic N) is 4. The number of oxime groups is 1. The summed E-state index contributed by atoms with van der Waals surface area (Å²) in [4.78, 5) is 13.6. The molecule has 1 amide bonds. The van der Waals surface area contributed by atoms with Crippen LogP contribution in [0, 0.1) is 0 Å². The van der Waals surface area contributed by atoms with Gasteiger partial charge in [0.1, 0.15) is 5.84 Å². The Morgan fingerprint density at radius 2 is 2.41 bits per heavy atom. The number of nitrogens with one attached hydrogen (secondary N) is 1.